The number of rotatable bonds is 4. The predicted molar refractivity (Wildman–Crippen MR) is 84.8 cm³/mol. The van der Waals surface area contributed by atoms with Crippen molar-refractivity contribution in [2.75, 3.05) is 13.1 Å². The van der Waals surface area contributed by atoms with Crippen LogP contribution in [0.15, 0.2) is 24.4 Å². The highest BCUT2D eigenvalue weighted by molar-refractivity contribution is 7.19. The number of pyridine rings is 1. The molecule has 0 aliphatic carbocycles. The van der Waals surface area contributed by atoms with Crippen LogP contribution in [0.25, 0.3) is 10.2 Å². The lowest BCUT2D eigenvalue weighted by Crippen LogP contribution is -2.30. The molecule has 3 heterocycles. The average molecular weight is 340 g/mol. The minimum Gasteiger partial charge on any atom is -0.481 e. The maximum absolute atomic E-state index is 14.1. The predicted octanol–water partition coefficient (Wildman–Crippen LogP) is 3.62. The minimum atomic E-state index is -2.91. The molecule has 7 heteroatoms. The van der Waals surface area contributed by atoms with Crippen LogP contribution in [0.1, 0.15) is 24.1 Å². The molecule has 0 spiro atoms. The van der Waals surface area contributed by atoms with Gasteiger partial charge in [0.2, 0.25) is 0 Å². The van der Waals surface area contributed by atoms with Crippen molar-refractivity contribution in [2.45, 2.75) is 31.7 Å². The Bertz CT molecular complexity index is 671. The first-order valence-electron chi connectivity index (χ1n) is 7.59. The van der Waals surface area contributed by atoms with E-state index in [1.807, 2.05) is 23.1 Å². The topological polar surface area (TPSA) is 53.4 Å². The van der Waals surface area contributed by atoms with Crippen LogP contribution in [0.3, 0.4) is 0 Å². The molecule has 124 valence electrons. The first kappa shape index (κ1) is 16.3. The number of hydrogen-bond acceptors (Lipinski definition) is 4. The van der Waals surface area contributed by atoms with E-state index in [0.29, 0.717) is 13.1 Å². The molecule has 2 aromatic heterocycles. The number of nitrogens with zero attached hydrogens (tertiary/aromatic N) is 2. The van der Waals surface area contributed by atoms with Crippen molar-refractivity contribution in [2.24, 2.45) is 5.92 Å². The number of hydrogen-bond donors (Lipinski definition) is 1. The Labute approximate surface area is 136 Å². The van der Waals surface area contributed by atoms with Crippen molar-refractivity contribution in [3.05, 3.63) is 29.3 Å². The summed E-state index contributed by atoms with van der Waals surface area (Å²) < 4.78 is 29.2. The van der Waals surface area contributed by atoms with Gasteiger partial charge in [0.15, 0.2) is 0 Å². The summed E-state index contributed by atoms with van der Waals surface area (Å²) in [5.74, 6) is -5.14. The molecule has 1 aliphatic heterocycles. The zero-order valence-electron chi connectivity index (χ0n) is 12.5. The fourth-order valence-corrected chi connectivity index (χ4v) is 4.07. The quantitative estimate of drug-likeness (QED) is 0.924. The van der Waals surface area contributed by atoms with Crippen LogP contribution in [0.4, 0.5) is 8.78 Å². The van der Waals surface area contributed by atoms with E-state index >= 15 is 0 Å². The summed E-state index contributed by atoms with van der Waals surface area (Å²) in [4.78, 5) is 18.2. The van der Waals surface area contributed by atoms with Crippen LogP contribution in [-0.4, -0.2) is 40.0 Å². The van der Waals surface area contributed by atoms with E-state index in [-0.39, 0.29) is 19.4 Å². The van der Waals surface area contributed by atoms with Crippen LogP contribution in [0.2, 0.25) is 0 Å². The standard InChI is InChI=1S/C16H18F2N2O2S/c17-16(18)4-7-20(6-3-11(16)8-15(21)22)10-12-9-13-14(23-12)2-1-5-19-13/h1-2,5,9,11H,3-4,6-8,10H2,(H,21,22). The molecule has 3 rings (SSSR count). The van der Waals surface area contributed by atoms with Crippen LogP contribution in [0.5, 0.6) is 0 Å². The third kappa shape index (κ3) is 3.84. The smallest absolute Gasteiger partial charge is 0.303 e. The molecular weight excluding hydrogens is 322 g/mol. The fourth-order valence-electron chi connectivity index (χ4n) is 3.01. The van der Waals surface area contributed by atoms with Crippen molar-refractivity contribution in [3.63, 3.8) is 0 Å². The van der Waals surface area contributed by atoms with Gasteiger partial charge in [0, 0.05) is 36.5 Å². The van der Waals surface area contributed by atoms with E-state index in [1.165, 1.54) is 0 Å². The van der Waals surface area contributed by atoms with Crippen molar-refractivity contribution in [1.29, 1.82) is 0 Å². The van der Waals surface area contributed by atoms with E-state index in [9.17, 15) is 13.6 Å². The van der Waals surface area contributed by atoms with Gasteiger partial charge in [0.05, 0.1) is 16.6 Å². The first-order chi connectivity index (χ1) is 10.9. The number of alkyl halides is 2. The maximum atomic E-state index is 14.1. The number of halogens is 2. The van der Waals surface area contributed by atoms with Gasteiger partial charge in [-0.2, -0.15) is 0 Å². The Morgan fingerprint density at radius 2 is 2.30 bits per heavy atom. The minimum absolute atomic E-state index is 0.211. The molecule has 1 N–H and O–H groups in total. The summed E-state index contributed by atoms with van der Waals surface area (Å²) in [6.45, 7) is 1.39. The first-order valence-corrected chi connectivity index (χ1v) is 8.41. The number of likely N-dealkylation sites (tertiary alicyclic amines) is 1. The number of carboxylic acids is 1. The number of carbonyl (C=O) groups is 1. The van der Waals surface area contributed by atoms with Gasteiger partial charge >= 0.3 is 5.97 Å². The van der Waals surface area contributed by atoms with Crippen molar-refractivity contribution in [1.82, 2.24) is 9.88 Å². The van der Waals surface area contributed by atoms with Crippen LogP contribution >= 0.6 is 11.3 Å². The molecule has 2 aromatic rings. The van der Waals surface area contributed by atoms with Crippen molar-refractivity contribution >= 4 is 27.5 Å². The summed E-state index contributed by atoms with van der Waals surface area (Å²) in [6, 6.07) is 5.87. The van der Waals surface area contributed by atoms with Gasteiger partial charge in [-0.3, -0.25) is 14.7 Å². The number of thiophene rings is 1. The second kappa shape index (κ2) is 6.49. The SMILES string of the molecule is O=C(O)CC1CCN(Cc2cc3ncccc3s2)CCC1(F)F. The zero-order chi connectivity index (χ0) is 16.4. The molecule has 0 bridgehead atoms. The normalized spacial score (nSPS) is 22.1. The van der Waals surface area contributed by atoms with Gasteiger partial charge in [-0.1, -0.05) is 0 Å². The lowest BCUT2D eigenvalue weighted by molar-refractivity contribution is -0.143. The molecule has 1 unspecified atom stereocenters. The summed E-state index contributed by atoms with van der Waals surface area (Å²) in [5.41, 5.74) is 0.927. The molecule has 4 nitrogen and oxygen atoms in total. The molecule has 1 saturated heterocycles. The molecule has 0 aromatic carbocycles. The van der Waals surface area contributed by atoms with E-state index in [4.69, 9.17) is 5.11 Å². The van der Waals surface area contributed by atoms with Gasteiger partial charge in [-0.25, -0.2) is 8.78 Å². The number of carboxylic acid groups (broad SMARTS) is 1. The summed E-state index contributed by atoms with van der Waals surface area (Å²) in [5, 5.41) is 8.82. The van der Waals surface area contributed by atoms with E-state index in [1.54, 1.807) is 17.5 Å². The summed E-state index contributed by atoms with van der Waals surface area (Å²) in [6.07, 6.45) is 1.20. The maximum Gasteiger partial charge on any atom is 0.303 e. The molecule has 1 atom stereocenters. The Balaban J connectivity index is 1.68. The lowest BCUT2D eigenvalue weighted by Gasteiger charge is -2.22. The van der Waals surface area contributed by atoms with Crippen molar-refractivity contribution < 1.29 is 18.7 Å². The Kier molecular flexibility index (Phi) is 4.59. The highest BCUT2D eigenvalue weighted by Crippen LogP contribution is 2.36. The van der Waals surface area contributed by atoms with Gasteiger partial charge in [-0.15, -0.1) is 11.3 Å². The Morgan fingerprint density at radius 1 is 1.48 bits per heavy atom. The van der Waals surface area contributed by atoms with Gasteiger partial charge in [-0.05, 0) is 31.2 Å². The number of aliphatic carboxylic acids is 1. The Hall–Kier alpha value is -1.60. The van der Waals surface area contributed by atoms with Crippen LogP contribution < -0.4 is 0 Å². The van der Waals surface area contributed by atoms with E-state index in [0.717, 1.165) is 15.1 Å². The summed E-state index contributed by atoms with van der Waals surface area (Å²) >= 11 is 1.62. The molecule has 1 aliphatic rings. The third-order valence-corrected chi connectivity index (χ3v) is 5.37. The number of aromatic nitrogens is 1. The van der Waals surface area contributed by atoms with Gasteiger partial charge in [0.1, 0.15) is 0 Å². The van der Waals surface area contributed by atoms with Gasteiger partial charge in [0.25, 0.3) is 5.92 Å². The molecule has 0 saturated carbocycles. The molecule has 0 amide bonds. The zero-order valence-corrected chi connectivity index (χ0v) is 13.4. The highest BCUT2D eigenvalue weighted by atomic mass is 32.1. The third-order valence-electron chi connectivity index (χ3n) is 4.29. The van der Waals surface area contributed by atoms with Crippen molar-refractivity contribution in [3.8, 4) is 0 Å². The molecular formula is C16H18F2N2O2S. The average Bonchev–Trinajstić information content (AvgIpc) is 2.84. The molecule has 0 radical (unpaired) electrons. The second-order valence-corrected chi connectivity index (χ2v) is 7.14. The van der Waals surface area contributed by atoms with Crippen LogP contribution in [0, 0.1) is 5.92 Å². The largest absolute Gasteiger partial charge is 0.481 e. The van der Waals surface area contributed by atoms with E-state index in [2.05, 4.69) is 4.98 Å². The lowest BCUT2D eigenvalue weighted by atomic mass is 9.93. The fraction of sp³-hybridized carbons (Fsp3) is 0.500. The van der Waals surface area contributed by atoms with Gasteiger partial charge < -0.3 is 5.11 Å². The number of fused-ring (bicyclic) bond motifs is 1. The second-order valence-electron chi connectivity index (χ2n) is 5.97. The van der Waals surface area contributed by atoms with E-state index < -0.39 is 24.2 Å². The highest BCUT2D eigenvalue weighted by Gasteiger charge is 2.42. The molecule has 23 heavy (non-hydrogen) atoms. The monoisotopic (exact) mass is 340 g/mol. The Morgan fingerprint density at radius 3 is 3.04 bits per heavy atom. The molecule has 1 fully saturated rings. The summed E-state index contributed by atoms with van der Waals surface area (Å²) in [7, 11) is 0. The van der Waals surface area contributed by atoms with Crippen LogP contribution in [-0.2, 0) is 11.3 Å².